The summed E-state index contributed by atoms with van der Waals surface area (Å²) in [5.41, 5.74) is 6.10. The zero-order chi connectivity index (χ0) is 14.0. The van der Waals surface area contributed by atoms with Crippen LogP contribution in [0.2, 0.25) is 5.02 Å². The number of halogens is 2. The topological polar surface area (TPSA) is 60.2 Å². The molecule has 2 N–H and O–H groups in total. The minimum absolute atomic E-state index is 0.123. The summed E-state index contributed by atoms with van der Waals surface area (Å²) in [6, 6.07) is 9.52. The van der Waals surface area contributed by atoms with Crippen LogP contribution in [0.5, 0.6) is 0 Å². The molecule has 3 nitrogen and oxygen atoms in total. The van der Waals surface area contributed by atoms with E-state index < -0.39 is 15.7 Å². The van der Waals surface area contributed by atoms with Crippen LogP contribution in [0.3, 0.4) is 0 Å². The van der Waals surface area contributed by atoms with Gasteiger partial charge in [-0.25, -0.2) is 12.8 Å². The monoisotopic (exact) mass is 299 g/mol. The molecule has 0 atom stereocenters. The molecule has 0 aliphatic rings. The molecule has 19 heavy (non-hydrogen) atoms. The van der Waals surface area contributed by atoms with Crippen molar-refractivity contribution in [1.29, 1.82) is 0 Å². The van der Waals surface area contributed by atoms with Crippen molar-refractivity contribution in [3.63, 3.8) is 0 Å². The predicted octanol–water partition coefficient (Wildman–Crippen LogP) is 3.04. The lowest BCUT2D eigenvalue weighted by Crippen LogP contribution is -2.07. The molecule has 0 bridgehead atoms. The first-order valence-electron chi connectivity index (χ1n) is 5.41. The highest BCUT2D eigenvalue weighted by molar-refractivity contribution is 7.90. The van der Waals surface area contributed by atoms with Crippen LogP contribution in [0.15, 0.2) is 47.4 Å². The Morgan fingerprint density at radius 1 is 1.11 bits per heavy atom. The Morgan fingerprint density at radius 2 is 1.74 bits per heavy atom. The summed E-state index contributed by atoms with van der Waals surface area (Å²) in [4.78, 5) is 0.153. The highest BCUT2D eigenvalue weighted by atomic mass is 35.5. The molecule has 0 saturated carbocycles. The maximum Gasteiger partial charge on any atom is 0.182 e. The highest BCUT2D eigenvalue weighted by Gasteiger charge is 2.17. The number of anilines is 1. The third kappa shape index (κ3) is 3.24. The molecule has 2 aromatic rings. The summed E-state index contributed by atoms with van der Waals surface area (Å²) in [6.45, 7) is 0. The van der Waals surface area contributed by atoms with Gasteiger partial charge in [0.15, 0.2) is 9.84 Å². The predicted molar refractivity (Wildman–Crippen MR) is 73.2 cm³/mol. The second-order valence-electron chi connectivity index (χ2n) is 4.06. The highest BCUT2D eigenvalue weighted by Crippen LogP contribution is 2.22. The molecule has 0 aliphatic heterocycles. The third-order valence-corrected chi connectivity index (χ3v) is 4.56. The van der Waals surface area contributed by atoms with E-state index in [4.69, 9.17) is 17.3 Å². The van der Waals surface area contributed by atoms with Gasteiger partial charge in [-0.15, -0.1) is 0 Å². The van der Waals surface area contributed by atoms with Crippen LogP contribution in [0, 0.1) is 5.82 Å². The summed E-state index contributed by atoms with van der Waals surface area (Å²) in [7, 11) is -3.53. The first kappa shape index (κ1) is 13.8. The molecule has 0 aliphatic carbocycles. The molecule has 0 spiro atoms. The lowest BCUT2D eigenvalue weighted by molar-refractivity contribution is 0.595. The lowest BCUT2D eigenvalue weighted by Gasteiger charge is -2.07. The summed E-state index contributed by atoms with van der Waals surface area (Å²) >= 11 is 5.71. The van der Waals surface area contributed by atoms with Crippen molar-refractivity contribution in [2.24, 2.45) is 0 Å². The van der Waals surface area contributed by atoms with E-state index in [0.29, 0.717) is 10.6 Å². The fourth-order valence-corrected chi connectivity index (χ4v) is 3.14. The number of rotatable bonds is 3. The third-order valence-electron chi connectivity index (χ3n) is 2.63. The second-order valence-corrected chi connectivity index (χ2v) is 6.48. The van der Waals surface area contributed by atoms with Crippen LogP contribution >= 0.6 is 11.6 Å². The van der Waals surface area contributed by atoms with Crippen molar-refractivity contribution >= 4 is 27.1 Å². The van der Waals surface area contributed by atoms with Crippen LogP contribution in [-0.2, 0) is 15.6 Å². The normalized spacial score (nSPS) is 11.5. The van der Waals surface area contributed by atoms with Gasteiger partial charge in [0.25, 0.3) is 0 Å². The second kappa shape index (κ2) is 5.19. The molecule has 0 unspecified atom stereocenters. The molecule has 100 valence electrons. The molecule has 2 rings (SSSR count). The Labute approximate surface area is 115 Å². The molecule has 0 fully saturated rings. The zero-order valence-corrected chi connectivity index (χ0v) is 11.4. The van der Waals surface area contributed by atoms with Crippen molar-refractivity contribution in [3.8, 4) is 0 Å². The SMILES string of the molecule is Nc1cc(F)ccc1CS(=O)(=O)c1ccc(Cl)cc1. The maximum atomic E-state index is 12.9. The van der Waals surface area contributed by atoms with E-state index in [9.17, 15) is 12.8 Å². The van der Waals surface area contributed by atoms with Gasteiger partial charge >= 0.3 is 0 Å². The van der Waals surface area contributed by atoms with Gasteiger partial charge in [-0.05, 0) is 42.0 Å². The molecule has 0 heterocycles. The minimum Gasteiger partial charge on any atom is -0.398 e. The van der Waals surface area contributed by atoms with E-state index in [1.54, 1.807) is 0 Å². The number of hydrogen-bond donors (Lipinski definition) is 1. The summed E-state index contributed by atoms with van der Waals surface area (Å²) in [6.07, 6.45) is 0. The fourth-order valence-electron chi connectivity index (χ4n) is 1.63. The van der Waals surface area contributed by atoms with Crippen molar-refractivity contribution in [3.05, 3.63) is 58.9 Å². The Hall–Kier alpha value is -1.59. The van der Waals surface area contributed by atoms with Gasteiger partial charge in [0.1, 0.15) is 5.82 Å². The van der Waals surface area contributed by atoms with Crippen molar-refractivity contribution in [2.75, 3.05) is 5.73 Å². The van der Waals surface area contributed by atoms with E-state index in [2.05, 4.69) is 0 Å². The largest absolute Gasteiger partial charge is 0.398 e. The van der Waals surface area contributed by atoms with Crippen LogP contribution in [0.1, 0.15) is 5.56 Å². The number of hydrogen-bond acceptors (Lipinski definition) is 3. The summed E-state index contributed by atoms with van der Waals surface area (Å²) < 4.78 is 37.2. The van der Waals surface area contributed by atoms with E-state index in [-0.39, 0.29) is 16.3 Å². The summed E-state index contributed by atoms with van der Waals surface area (Å²) in [5.74, 6) is -0.772. The first-order valence-corrected chi connectivity index (χ1v) is 7.44. The van der Waals surface area contributed by atoms with Crippen LogP contribution in [-0.4, -0.2) is 8.42 Å². The van der Waals surface area contributed by atoms with Crippen LogP contribution < -0.4 is 5.73 Å². The standard InChI is InChI=1S/C13H11ClFNO2S/c14-10-2-5-12(6-3-10)19(17,18)8-9-1-4-11(15)7-13(9)16/h1-7H,8,16H2. The van der Waals surface area contributed by atoms with E-state index in [0.717, 1.165) is 6.07 Å². The van der Waals surface area contributed by atoms with Crippen molar-refractivity contribution in [2.45, 2.75) is 10.6 Å². The Morgan fingerprint density at radius 3 is 2.32 bits per heavy atom. The molecule has 0 radical (unpaired) electrons. The zero-order valence-electron chi connectivity index (χ0n) is 9.81. The molecule has 0 saturated heterocycles. The average Bonchev–Trinajstić information content (AvgIpc) is 2.33. The van der Waals surface area contributed by atoms with Crippen LogP contribution in [0.4, 0.5) is 10.1 Å². The van der Waals surface area contributed by atoms with Gasteiger partial charge in [-0.2, -0.15) is 0 Å². The molecular weight excluding hydrogens is 289 g/mol. The first-order chi connectivity index (χ1) is 8.88. The molecule has 0 amide bonds. The van der Waals surface area contributed by atoms with Gasteiger partial charge in [0, 0.05) is 10.7 Å². The molecule has 2 aromatic carbocycles. The van der Waals surface area contributed by atoms with E-state index in [1.807, 2.05) is 0 Å². The Balaban J connectivity index is 2.33. The van der Waals surface area contributed by atoms with E-state index >= 15 is 0 Å². The average molecular weight is 300 g/mol. The number of nitrogens with two attached hydrogens (primary N) is 1. The van der Waals surface area contributed by atoms with Crippen molar-refractivity contribution < 1.29 is 12.8 Å². The minimum atomic E-state index is -3.53. The fraction of sp³-hybridized carbons (Fsp3) is 0.0769. The van der Waals surface area contributed by atoms with Gasteiger partial charge in [-0.1, -0.05) is 17.7 Å². The Kier molecular flexibility index (Phi) is 3.78. The van der Waals surface area contributed by atoms with Gasteiger partial charge in [0.2, 0.25) is 0 Å². The van der Waals surface area contributed by atoms with Gasteiger partial charge in [0.05, 0.1) is 10.6 Å². The van der Waals surface area contributed by atoms with Crippen molar-refractivity contribution in [1.82, 2.24) is 0 Å². The molecular formula is C13H11ClFNO2S. The number of benzene rings is 2. The quantitative estimate of drug-likeness (QED) is 0.886. The maximum absolute atomic E-state index is 12.9. The van der Waals surface area contributed by atoms with Crippen LogP contribution in [0.25, 0.3) is 0 Å². The Bertz CT molecular complexity index is 699. The smallest absolute Gasteiger partial charge is 0.182 e. The summed E-state index contributed by atoms with van der Waals surface area (Å²) in [5, 5.41) is 0.459. The lowest BCUT2D eigenvalue weighted by atomic mass is 10.2. The van der Waals surface area contributed by atoms with E-state index in [1.165, 1.54) is 36.4 Å². The van der Waals surface area contributed by atoms with Gasteiger partial charge < -0.3 is 5.73 Å². The molecule has 0 aromatic heterocycles. The number of sulfone groups is 1. The molecule has 6 heteroatoms. The number of nitrogen functional groups attached to an aromatic ring is 1. The van der Waals surface area contributed by atoms with Gasteiger partial charge in [-0.3, -0.25) is 0 Å².